The molecule has 2 fully saturated rings. The van der Waals surface area contributed by atoms with Crippen LogP contribution in [0.1, 0.15) is 53.5 Å². The highest BCUT2D eigenvalue weighted by atomic mass is 16.5. The molecule has 0 spiro atoms. The molecule has 4 heterocycles. The van der Waals surface area contributed by atoms with Crippen LogP contribution in [-0.2, 0) is 4.79 Å². The maximum absolute atomic E-state index is 13.2. The standard InChI is InChI=1S/C19H23N3O4/c1-13-10-17(26-20-13)16-5-3-8-22(16)19(24)14-4-2-7-21(11-14)18(23)15-6-9-25-12-15/h6,9-10,12,14,16H,2-5,7-8,11H2,1H3/t14-,16+/m1/s1. The molecule has 0 aromatic carbocycles. The highest BCUT2D eigenvalue weighted by Crippen LogP contribution is 2.34. The summed E-state index contributed by atoms with van der Waals surface area (Å²) in [5, 5.41) is 3.96. The second-order valence-electron chi connectivity index (χ2n) is 7.16. The Labute approximate surface area is 151 Å². The summed E-state index contributed by atoms with van der Waals surface area (Å²) in [6, 6.07) is 3.53. The number of nitrogens with zero attached hydrogens (tertiary/aromatic N) is 3. The van der Waals surface area contributed by atoms with Crippen molar-refractivity contribution in [2.24, 2.45) is 5.92 Å². The van der Waals surface area contributed by atoms with E-state index in [1.807, 2.05) is 17.9 Å². The quantitative estimate of drug-likeness (QED) is 0.844. The lowest BCUT2D eigenvalue weighted by Crippen LogP contribution is -2.46. The number of amides is 2. The molecule has 2 atom stereocenters. The fourth-order valence-corrected chi connectivity index (χ4v) is 4.03. The predicted molar refractivity (Wildman–Crippen MR) is 92.3 cm³/mol. The van der Waals surface area contributed by atoms with Crippen molar-refractivity contribution >= 4 is 11.8 Å². The Hall–Kier alpha value is -2.57. The van der Waals surface area contributed by atoms with Gasteiger partial charge >= 0.3 is 0 Å². The topological polar surface area (TPSA) is 79.8 Å². The van der Waals surface area contributed by atoms with Gasteiger partial charge in [-0.15, -0.1) is 0 Å². The summed E-state index contributed by atoms with van der Waals surface area (Å²) in [6.07, 6.45) is 6.45. The number of aromatic nitrogens is 1. The molecular weight excluding hydrogens is 334 g/mol. The Balaban J connectivity index is 1.46. The first-order valence-electron chi connectivity index (χ1n) is 9.18. The molecule has 0 aliphatic carbocycles. The van der Waals surface area contributed by atoms with Crippen molar-refractivity contribution < 1.29 is 18.5 Å². The van der Waals surface area contributed by atoms with Crippen molar-refractivity contribution in [3.05, 3.63) is 41.7 Å². The summed E-state index contributed by atoms with van der Waals surface area (Å²) in [4.78, 5) is 29.4. The molecule has 138 valence electrons. The number of piperidine rings is 1. The minimum absolute atomic E-state index is 0.0383. The van der Waals surface area contributed by atoms with Crippen LogP contribution < -0.4 is 0 Å². The van der Waals surface area contributed by atoms with Gasteiger partial charge < -0.3 is 18.7 Å². The van der Waals surface area contributed by atoms with Gasteiger partial charge in [0.2, 0.25) is 5.91 Å². The largest absolute Gasteiger partial charge is 0.472 e. The predicted octanol–water partition coefficient (Wildman–Crippen LogP) is 2.79. The summed E-state index contributed by atoms with van der Waals surface area (Å²) >= 11 is 0. The van der Waals surface area contributed by atoms with Crippen molar-refractivity contribution in [3.8, 4) is 0 Å². The average Bonchev–Trinajstić information content (AvgIpc) is 3.41. The van der Waals surface area contributed by atoms with Crippen LogP contribution in [0.3, 0.4) is 0 Å². The van der Waals surface area contributed by atoms with Crippen molar-refractivity contribution in [1.29, 1.82) is 0 Å². The molecule has 0 radical (unpaired) electrons. The lowest BCUT2D eigenvalue weighted by Gasteiger charge is -2.35. The third-order valence-electron chi connectivity index (χ3n) is 5.34. The summed E-state index contributed by atoms with van der Waals surface area (Å²) < 4.78 is 10.4. The molecule has 26 heavy (non-hydrogen) atoms. The van der Waals surface area contributed by atoms with Crippen LogP contribution in [0.2, 0.25) is 0 Å². The molecule has 2 saturated heterocycles. The van der Waals surface area contributed by atoms with Gasteiger partial charge in [-0.25, -0.2) is 0 Å². The van der Waals surface area contributed by atoms with E-state index in [0.29, 0.717) is 18.7 Å². The molecule has 0 unspecified atom stereocenters. The van der Waals surface area contributed by atoms with E-state index in [-0.39, 0.29) is 23.8 Å². The molecule has 2 aromatic rings. The number of likely N-dealkylation sites (tertiary alicyclic amines) is 2. The Morgan fingerprint density at radius 3 is 2.81 bits per heavy atom. The fraction of sp³-hybridized carbons (Fsp3) is 0.526. The zero-order chi connectivity index (χ0) is 18.1. The Kier molecular flexibility index (Phi) is 4.53. The van der Waals surface area contributed by atoms with E-state index in [1.54, 1.807) is 11.0 Å². The van der Waals surface area contributed by atoms with Crippen LogP contribution >= 0.6 is 0 Å². The smallest absolute Gasteiger partial charge is 0.257 e. The van der Waals surface area contributed by atoms with Gasteiger partial charge in [-0.2, -0.15) is 0 Å². The molecular formula is C19H23N3O4. The van der Waals surface area contributed by atoms with Crippen LogP contribution in [0.5, 0.6) is 0 Å². The first kappa shape index (κ1) is 16.9. The monoisotopic (exact) mass is 357 g/mol. The molecule has 7 nitrogen and oxygen atoms in total. The van der Waals surface area contributed by atoms with Crippen LogP contribution in [-0.4, -0.2) is 46.4 Å². The second-order valence-corrected chi connectivity index (χ2v) is 7.16. The number of rotatable bonds is 3. The molecule has 4 rings (SSSR count). The minimum Gasteiger partial charge on any atom is -0.472 e. The van der Waals surface area contributed by atoms with E-state index < -0.39 is 0 Å². The lowest BCUT2D eigenvalue weighted by molar-refractivity contribution is -0.138. The summed E-state index contributed by atoms with van der Waals surface area (Å²) in [5.41, 5.74) is 1.36. The van der Waals surface area contributed by atoms with Crippen LogP contribution in [0.25, 0.3) is 0 Å². The van der Waals surface area contributed by atoms with Gasteiger partial charge in [0, 0.05) is 25.7 Å². The maximum atomic E-state index is 13.2. The molecule has 2 aromatic heterocycles. The van der Waals surface area contributed by atoms with E-state index >= 15 is 0 Å². The zero-order valence-electron chi connectivity index (χ0n) is 14.9. The van der Waals surface area contributed by atoms with Gasteiger partial charge in [0.25, 0.3) is 5.91 Å². The van der Waals surface area contributed by atoms with Gasteiger partial charge in [-0.1, -0.05) is 5.16 Å². The Bertz CT molecular complexity index is 783. The number of carbonyl (C=O) groups excluding carboxylic acids is 2. The van der Waals surface area contributed by atoms with Crippen molar-refractivity contribution in [2.45, 2.75) is 38.6 Å². The molecule has 0 N–H and O–H groups in total. The van der Waals surface area contributed by atoms with Gasteiger partial charge in [-0.05, 0) is 38.7 Å². The first-order chi connectivity index (χ1) is 12.6. The van der Waals surface area contributed by atoms with Crippen LogP contribution in [0.15, 0.2) is 33.6 Å². The number of furan rings is 1. The lowest BCUT2D eigenvalue weighted by atomic mass is 9.95. The van der Waals surface area contributed by atoms with Gasteiger partial charge in [-0.3, -0.25) is 9.59 Å². The highest BCUT2D eigenvalue weighted by molar-refractivity contribution is 5.94. The Morgan fingerprint density at radius 2 is 2.08 bits per heavy atom. The van der Waals surface area contributed by atoms with E-state index in [1.165, 1.54) is 12.5 Å². The van der Waals surface area contributed by atoms with Crippen molar-refractivity contribution in [1.82, 2.24) is 15.0 Å². The van der Waals surface area contributed by atoms with Gasteiger partial charge in [0.05, 0.1) is 29.5 Å². The summed E-state index contributed by atoms with van der Waals surface area (Å²) in [5.74, 6) is 0.644. The van der Waals surface area contributed by atoms with E-state index in [9.17, 15) is 9.59 Å². The number of hydrogen-bond acceptors (Lipinski definition) is 5. The maximum Gasteiger partial charge on any atom is 0.257 e. The summed E-state index contributed by atoms with van der Waals surface area (Å²) in [7, 11) is 0. The van der Waals surface area contributed by atoms with E-state index in [4.69, 9.17) is 8.94 Å². The third kappa shape index (κ3) is 3.13. The molecule has 0 bridgehead atoms. The SMILES string of the molecule is Cc1cc([C@@H]2CCCN2C(=O)[C@@H]2CCCN(C(=O)c3ccoc3)C2)on1. The van der Waals surface area contributed by atoms with E-state index in [0.717, 1.165) is 43.7 Å². The average molecular weight is 357 g/mol. The fourth-order valence-electron chi connectivity index (χ4n) is 4.03. The molecule has 2 aliphatic heterocycles. The third-order valence-corrected chi connectivity index (χ3v) is 5.34. The van der Waals surface area contributed by atoms with E-state index in [2.05, 4.69) is 5.16 Å². The zero-order valence-corrected chi connectivity index (χ0v) is 14.9. The first-order valence-corrected chi connectivity index (χ1v) is 9.18. The van der Waals surface area contributed by atoms with Crippen LogP contribution in [0.4, 0.5) is 0 Å². The van der Waals surface area contributed by atoms with Crippen molar-refractivity contribution in [2.75, 3.05) is 19.6 Å². The molecule has 2 amide bonds. The summed E-state index contributed by atoms with van der Waals surface area (Å²) in [6.45, 7) is 3.75. The van der Waals surface area contributed by atoms with Gasteiger partial charge in [0.1, 0.15) is 6.26 Å². The van der Waals surface area contributed by atoms with Crippen LogP contribution in [0, 0.1) is 12.8 Å². The molecule has 2 aliphatic rings. The van der Waals surface area contributed by atoms with Gasteiger partial charge in [0.15, 0.2) is 5.76 Å². The number of hydrogen-bond donors (Lipinski definition) is 0. The second kappa shape index (κ2) is 6.97. The number of carbonyl (C=O) groups is 2. The Morgan fingerprint density at radius 1 is 1.23 bits per heavy atom. The molecule has 0 saturated carbocycles. The van der Waals surface area contributed by atoms with Crippen molar-refractivity contribution in [3.63, 3.8) is 0 Å². The molecule has 7 heteroatoms. The minimum atomic E-state index is -0.163. The highest BCUT2D eigenvalue weighted by Gasteiger charge is 2.38. The normalized spacial score (nSPS) is 23.4. The number of aryl methyl sites for hydroxylation is 1.